The number of nitrogens with one attached hydrogen (secondary N) is 1. The van der Waals surface area contributed by atoms with Gasteiger partial charge < -0.3 is 18.9 Å². The zero-order valence-corrected chi connectivity index (χ0v) is 16.4. The first-order valence-electron chi connectivity index (χ1n) is 7.51. The fourth-order valence-corrected chi connectivity index (χ4v) is 2.85. The second-order valence-electron chi connectivity index (χ2n) is 5.00. The van der Waals surface area contributed by atoms with E-state index in [4.69, 9.17) is 18.9 Å². The minimum absolute atomic E-state index is 0.346. The number of nitrogens with zero attached hydrogens (tertiary/aromatic N) is 1. The Morgan fingerprint density at radius 2 is 1.73 bits per heavy atom. The first kappa shape index (κ1) is 19.6. The molecule has 8 heteroatoms. The molecule has 26 heavy (non-hydrogen) atoms. The van der Waals surface area contributed by atoms with Gasteiger partial charge in [0.2, 0.25) is 0 Å². The van der Waals surface area contributed by atoms with Crippen molar-refractivity contribution in [1.82, 2.24) is 5.43 Å². The van der Waals surface area contributed by atoms with Crippen LogP contribution in [-0.2, 0) is 0 Å². The van der Waals surface area contributed by atoms with Gasteiger partial charge in [-0.3, -0.25) is 4.79 Å². The van der Waals surface area contributed by atoms with Crippen LogP contribution < -0.4 is 24.4 Å². The number of carbonyl (C=O) groups is 1. The molecular formula is C18H19BrN2O5. The van der Waals surface area contributed by atoms with Crippen LogP contribution in [0.1, 0.15) is 15.9 Å². The van der Waals surface area contributed by atoms with E-state index in [2.05, 4.69) is 26.5 Å². The van der Waals surface area contributed by atoms with Gasteiger partial charge in [-0.15, -0.1) is 0 Å². The summed E-state index contributed by atoms with van der Waals surface area (Å²) in [5.74, 6) is 1.71. The van der Waals surface area contributed by atoms with Crippen molar-refractivity contribution in [3.05, 3.63) is 45.9 Å². The minimum atomic E-state index is -0.403. The van der Waals surface area contributed by atoms with E-state index in [1.54, 1.807) is 51.7 Å². The van der Waals surface area contributed by atoms with Gasteiger partial charge in [-0.05, 0) is 45.8 Å². The predicted molar refractivity (Wildman–Crippen MR) is 102 cm³/mol. The third-order valence-corrected chi connectivity index (χ3v) is 4.08. The van der Waals surface area contributed by atoms with Crippen molar-refractivity contribution >= 4 is 28.1 Å². The average molecular weight is 423 g/mol. The molecule has 0 fully saturated rings. The Labute approximate surface area is 160 Å². The van der Waals surface area contributed by atoms with Gasteiger partial charge in [-0.2, -0.15) is 5.10 Å². The number of amides is 1. The van der Waals surface area contributed by atoms with Crippen molar-refractivity contribution in [3.63, 3.8) is 0 Å². The number of halogens is 1. The quantitative estimate of drug-likeness (QED) is 0.547. The molecule has 0 heterocycles. The summed E-state index contributed by atoms with van der Waals surface area (Å²) in [5, 5.41) is 3.98. The number of carbonyl (C=O) groups excluding carboxylic acids is 1. The molecule has 1 N–H and O–H groups in total. The van der Waals surface area contributed by atoms with Crippen LogP contribution in [0.25, 0.3) is 0 Å². The summed E-state index contributed by atoms with van der Waals surface area (Å²) in [6.07, 6.45) is 1.50. The van der Waals surface area contributed by atoms with Crippen LogP contribution in [-0.4, -0.2) is 40.6 Å². The highest BCUT2D eigenvalue weighted by Crippen LogP contribution is 2.35. The molecule has 0 aliphatic rings. The summed E-state index contributed by atoms with van der Waals surface area (Å²) >= 11 is 3.41. The summed E-state index contributed by atoms with van der Waals surface area (Å²) in [7, 11) is 6.12. The summed E-state index contributed by atoms with van der Waals surface area (Å²) in [6, 6.07) is 8.45. The van der Waals surface area contributed by atoms with Crippen molar-refractivity contribution in [2.45, 2.75) is 0 Å². The number of ether oxygens (including phenoxy) is 4. The molecule has 0 saturated heterocycles. The van der Waals surface area contributed by atoms with E-state index in [9.17, 15) is 4.79 Å². The molecule has 7 nitrogen and oxygen atoms in total. The van der Waals surface area contributed by atoms with Crippen LogP contribution in [0, 0.1) is 0 Å². The van der Waals surface area contributed by atoms with Crippen LogP contribution in [0.5, 0.6) is 23.0 Å². The number of benzene rings is 2. The van der Waals surface area contributed by atoms with Crippen LogP contribution >= 0.6 is 15.9 Å². The first-order valence-corrected chi connectivity index (χ1v) is 8.30. The zero-order valence-electron chi connectivity index (χ0n) is 14.8. The van der Waals surface area contributed by atoms with Crippen molar-refractivity contribution in [1.29, 1.82) is 0 Å². The van der Waals surface area contributed by atoms with Gasteiger partial charge >= 0.3 is 0 Å². The average Bonchev–Trinajstić information content (AvgIpc) is 2.66. The van der Waals surface area contributed by atoms with Gasteiger partial charge in [0.05, 0.1) is 44.7 Å². The van der Waals surface area contributed by atoms with Crippen LogP contribution in [0.3, 0.4) is 0 Å². The van der Waals surface area contributed by atoms with Crippen molar-refractivity contribution in [2.24, 2.45) is 5.10 Å². The minimum Gasteiger partial charge on any atom is -0.497 e. The number of methoxy groups -OCH3 is 4. The van der Waals surface area contributed by atoms with Gasteiger partial charge in [0.15, 0.2) is 11.5 Å². The lowest BCUT2D eigenvalue weighted by atomic mass is 10.2. The van der Waals surface area contributed by atoms with E-state index in [1.807, 2.05) is 0 Å². The lowest BCUT2D eigenvalue weighted by Crippen LogP contribution is -2.18. The second kappa shape index (κ2) is 9.10. The lowest BCUT2D eigenvalue weighted by Gasteiger charge is -2.10. The number of hydrazone groups is 1. The zero-order chi connectivity index (χ0) is 19.1. The fourth-order valence-electron chi connectivity index (χ4n) is 2.22. The Bertz CT molecular complexity index is 823. The molecule has 0 atom stereocenters. The Hall–Kier alpha value is -2.74. The van der Waals surface area contributed by atoms with Gasteiger partial charge in [0, 0.05) is 6.07 Å². The Kier molecular flexibility index (Phi) is 6.85. The number of hydrogen-bond acceptors (Lipinski definition) is 6. The molecule has 0 unspecified atom stereocenters. The highest BCUT2D eigenvalue weighted by molar-refractivity contribution is 9.10. The smallest absolute Gasteiger partial charge is 0.275 e. The van der Waals surface area contributed by atoms with E-state index in [-0.39, 0.29) is 0 Å². The second-order valence-corrected chi connectivity index (χ2v) is 5.86. The highest BCUT2D eigenvalue weighted by Gasteiger charge is 2.13. The Balaban J connectivity index is 2.16. The molecule has 0 aromatic heterocycles. The Morgan fingerprint density at radius 1 is 1.00 bits per heavy atom. The number of rotatable bonds is 7. The van der Waals surface area contributed by atoms with E-state index >= 15 is 0 Å². The first-order chi connectivity index (χ1) is 12.5. The predicted octanol–water partition coefficient (Wildman–Crippen LogP) is 3.25. The Morgan fingerprint density at radius 3 is 2.35 bits per heavy atom. The standard InChI is InChI=1S/C18H19BrN2O5/c1-23-12-5-6-13(15(9-12)24-2)18(22)21-20-10-11-7-14(19)17(26-4)16(8-11)25-3/h5-10H,1-4H3,(H,21,22)/b20-10-. The van der Waals surface area contributed by atoms with Crippen molar-refractivity contribution < 1.29 is 23.7 Å². The van der Waals surface area contributed by atoms with E-state index in [0.717, 1.165) is 5.56 Å². The van der Waals surface area contributed by atoms with E-state index in [1.165, 1.54) is 13.3 Å². The molecule has 0 aliphatic carbocycles. The SMILES string of the molecule is COc1ccc(C(=O)N/N=C\c2cc(Br)c(OC)c(OC)c2)c(OC)c1. The summed E-state index contributed by atoms with van der Waals surface area (Å²) in [4.78, 5) is 12.3. The van der Waals surface area contributed by atoms with E-state index < -0.39 is 5.91 Å². The van der Waals surface area contributed by atoms with Gasteiger partial charge in [0.25, 0.3) is 5.91 Å². The molecule has 138 valence electrons. The van der Waals surface area contributed by atoms with Crippen LogP contribution in [0.15, 0.2) is 39.9 Å². The topological polar surface area (TPSA) is 78.4 Å². The molecule has 2 aromatic carbocycles. The maximum atomic E-state index is 12.3. The third-order valence-electron chi connectivity index (χ3n) is 3.49. The largest absolute Gasteiger partial charge is 0.497 e. The normalized spacial score (nSPS) is 10.5. The lowest BCUT2D eigenvalue weighted by molar-refractivity contribution is 0.0952. The maximum Gasteiger partial charge on any atom is 0.275 e. The van der Waals surface area contributed by atoms with Crippen LogP contribution in [0.2, 0.25) is 0 Å². The van der Waals surface area contributed by atoms with E-state index in [0.29, 0.717) is 33.0 Å². The maximum absolute atomic E-state index is 12.3. The monoisotopic (exact) mass is 422 g/mol. The molecular weight excluding hydrogens is 404 g/mol. The van der Waals surface area contributed by atoms with Crippen molar-refractivity contribution in [2.75, 3.05) is 28.4 Å². The molecule has 2 rings (SSSR count). The molecule has 2 aromatic rings. The molecule has 0 spiro atoms. The number of hydrogen-bond donors (Lipinski definition) is 1. The molecule has 0 bridgehead atoms. The molecule has 0 aliphatic heterocycles. The third kappa shape index (κ3) is 4.45. The summed E-state index contributed by atoms with van der Waals surface area (Å²) in [5.41, 5.74) is 3.53. The highest BCUT2D eigenvalue weighted by atomic mass is 79.9. The fraction of sp³-hybridized carbons (Fsp3) is 0.222. The van der Waals surface area contributed by atoms with Gasteiger partial charge in [-0.1, -0.05) is 0 Å². The van der Waals surface area contributed by atoms with Gasteiger partial charge in [-0.25, -0.2) is 5.43 Å². The van der Waals surface area contributed by atoms with Gasteiger partial charge in [0.1, 0.15) is 11.5 Å². The summed E-state index contributed by atoms with van der Waals surface area (Å²) in [6.45, 7) is 0. The molecule has 0 radical (unpaired) electrons. The molecule has 1 amide bonds. The van der Waals surface area contributed by atoms with Crippen molar-refractivity contribution in [3.8, 4) is 23.0 Å². The molecule has 0 saturated carbocycles. The summed E-state index contributed by atoms with van der Waals surface area (Å²) < 4.78 is 21.6. The van der Waals surface area contributed by atoms with Crippen LogP contribution in [0.4, 0.5) is 0 Å².